The minimum absolute atomic E-state index is 0.215. The van der Waals surface area contributed by atoms with Gasteiger partial charge >= 0.3 is 5.97 Å². The molecular weight excluding hydrogens is 1240 g/mol. The monoisotopic (exact) mass is 1370 g/mol. The van der Waals surface area contributed by atoms with Crippen molar-refractivity contribution < 1.29 is 104 Å². The smallest absolute Gasteiger partial charge is 0.364 e. The predicted octanol–water partition coefficient (Wildman–Crippen LogP) is 8.40. The van der Waals surface area contributed by atoms with Crippen LogP contribution in [0.25, 0.3) is 0 Å². The highest BCUT2D eigenvalue weighted by atomic mass is 16.8. The molecule has 0 aromatic carbocycles. The summed E-state index contributed by atoms with van der Waals surface area (Å²) in [6, 6.07) is -2.54. The first-order valence-corrected chi connectivity index (χ1v) is 37.7. The Kier molecular flexibility index (Phi) is 48.3. The minimum Gasteiger partial charge on any atom is -0.477 e. The van der Waals surface area contributed by atoms with Crippen LogP contribution in [-0.4, -0.2) is 215 Å². The third-order valence-corrected chi connectivity index (χ3v) is 19.2. The van der Waals surface area contributed by atoms with E-state index in [1.807, 2.05) is 0 Å². The summed E-state index contributed by atoms with van der Waals surface area (Å²) in [6.07, 6.45) is 26.0. The van der Waals surface area contributed by atoms with Gasteiger partial charge < -0.3 is 100 Å². The summed E-state index contributed by atoms with van der Waals surface area (Å²) >= 11 is 0. The first-order chi connectivity index (χ1) is 46.4. The van der Waals surface area contributed by atoms with Crippen LogP contribution in [0, 0.1) is 0 Å². The van der Waals surface area contributed by atoms with Gasteiger partial charge in [0.2, 0.25) is 11.8 Å². The zero-order chi connectivity index (χ0) is 70.4. The molecular formula is C73H134N2O21. The van der Waals surface area contributed by atoms with Gasteiger partial charge in [-0.15, -0.1) is 0 Å². The maximum absolute atomic E-state index is 13.5. The molecule has 18 atom stereocenters. The zero-order valence-electron chi connectivity index (χ0n) is 59.0. The van der Waals surface area contributed by atoms with Crippen molar-refractivity contribution in [3.8, 4) is 0 Å². The lowest BCUT2D eigenvalue weighted by Crippen LogP contribution is -2.70. The largest absolute Gasteiger partial charge is 0.477 e. The second-order valence-corrected chi connectivity index (χ2v) is 27.5. The number of nitrogens with one attached hydrogen (secondary N) is 2. The number of unbranched alkanes of at least 4 members (excludes halogenated alkanes) is 34. The summed E-state index contributed by atoms with van der Waals surface area (Å²) in [5, 5.41) is 136. The van der Waals surface area contributed by atoms with Gasteiger partial charge in [0.1, 0.15) is 67.1 Å². The van der Waals surface area contributed by atoms with Crippen LogP contribution < -0.4 is 10.6 Å². The highest BCUT2D eigenvalue weighted by Crippen LogP contribution is 2.39. The van der Waals surface area contributed by atoms with E-state index in [9.17, 15) is 75.7 Å². The molecule has 3 aliphatic heterocycles. The van der Waals surface area contributed by atoms with Crippen LogP contribution in [0.5, 0.6) is 0 Å². The summed E-state index contributed by atoms with van der Waals surface area (Å²) in [7, 11) is 0. The van der Waals surface area contributed by atoms with E-state index in [1.165, 1.54) is 148 Å². The topological polar surface area (TPSA) is 373 Å². The lowest BCUT2D eigenvalue weighted by molar-refractivity contribution is -0.386. The van der Waals surface area contributed by atoms with Crippen LogP contribution in [-0.2, 0) is 42.8 Å². The molecule has 14 N–H and O–H groups in total. The Morgan fingerprint density at radius 3 is 1.48 bits per heavy atom. The number of carbonyl (C=O) groups excluding carboxylic acids is 2. The number of hydrogen-bond acceptors (Lipinski definition) is 20. The Hall–Kier alpha value is -2.79. The van der Waals surface area contributed by atoms with E-state index in [2.05, 4.69) is 48.8 Å². The Balaban J connectivity index is 1.54. The van der Waals surface area contributed by atoms with Crippen LogP contribution in [0.15, 0.2) is 24.3 Å². The van der Waals surface area contributed by atoms with E-state index in [0.717, 1.165) is 90.4 Å². The normalized spacial score (nSPS) is 27.7. The molecule has 0 spiro atoms. The van der Waals surface area contributed by atoms with Crippen LogP contribution in [0.3, 0.4) is 0 Å². The van der Waals surface area contributed by atoms with Crippen molar-refractivity contribution in [1.29, 1.82) is 0 Å². The number of allylic oxidation sites excluding steroid dienone is 4. The van der Waals surface area contributed by atoms with E-state index in [0.29, 0.717) is 19.3 Å². The number of hydrogen-bond donors (Lipinski definition) is 14. The van der Waals surface area contributed by atoms with Crippen molar-refractivity contribution in [1.82, 2.24) is 10.6 Å². The predicted molar refractivity (Wildman–Crippen MR) is 366 cm³/mol. The van der Waals surface area contributed by atoms with Crippen LogP contribution in [0.4, 0.5) is 0 Å². The molecule has 562 valence electrons. The molecule has 18 unspecified atom stereocenters. The standard InChI is InChI=1S/C73H134N2O21/c1-4-6-8-10-12-14-16-18-20-22-23-24-25-26-27-28-29-31-32-34-36-38-40-42-44-46-55(80)54(75-60(83)47-45-43-41-39-37-35-33-30-21-19-17-15-13-11-9-7-5-2)52-91-70-65(87)64(86)67(59(51-78)93-70)94-71-66(88)69(63(85)58(50-77)92-71)96-73(72(89)90)48-56(81)61(74-53(3)79)68(95-73)62(84)57(82)49-76/h13,15,19,21,54-59,61-71,76-78,80-82,84-88H,4-12,14,16-18,20,22-52H2,1-3H3,(H,74,79)(H,75,83)(H,89,90)/b15-13-,21-19-. The second kappa shape index (κ2) is 53.1. The van der Waals surface area contributed by atoms with Crippen LogP contribution in [0.1, 0.15) is 284 Å². The maximum Gasteiger partial charge on any atom is 0.364 e. The van der Waals surface area contributed by atoms with Gasteiger partial charge in [-0.3, -0.25) is 9.59 Å². The lowest BCUT2D eigenvalue weighted by Gasteiger charge is -2.50. The molecule has 0 aliphatic carbocycles. The van der Waals surface area contributed by atoms with Crippen molar-refractivity contribution in [2.75, 3.05) is 26.4 Å². The number of carboxylic acid groups (broad SMARTS) is 1. The third kappa shape index (κ3) is 34.3. The number of aliphatic hydroxyl groups excluding tert-OH is 11. The molecule has 0 aromatic rings. The van der Waals surface area contributed by atoms with E-state index in [-0.39, 0.29) is 18.9 Å². The Morgan fingerprint density at radius 2 is 1.00 bits per heavy atom. The summed E-state index contributed by atoms with van der Waals surface area (Å²) in [5.74, 6) is -6.11. The lowest BCUT2D eigenvalue weighted by atomic mass is 9.88. The molecule has 3 rings (SSSR count). The molecule has 0 bridgehead atoms. The van der Waals surface area contributed by atoms with E-state index < -0.39 is 148 Å². The van der Waals surface area contributed by atoms with Crippen molar-refractivity contribution in [3.05, 3.63) is 24.3 Å². The quantitative estimate of drug-likeness (QED) is 0.0201. The number of carboxylic acids is 1. The van der Waals surface area contributed by atoms with Crippen LogP contribution in [0.2, 0.25) is 0 Å². The van der Waals surface area contributed by atoms with Crippen molar-refractivity contribution in [2.24, 2.45) is 0 Å². The Labute approximate surface area is 574 Å². The molecule has 3 heterocycles. The van der Waals surface area contributed by atoms with Crippen molar-refractivity contribution in [2.45, 2.75) is 394 Å². The van der Waals surface area contributed by atoms with Gasteiger partial charge in [-0.25, -0.2) is 4.79 Å². The number of aliphatic hydroxyl groups is 11. The molecule has 3 saturated heterocycles. The van der Waals surface area contributed by atoms with E-state index in [1.54, 1.807) is 0 Å². The van der Waals surface area contributed by atoms with Gasteiger partial charge in [-0.1, -0.05) is 244 Å². The highest BCUT2D eigenvalue weighted by Gasteiger charge is 2.60. The SMILES string of the molecule is CCCCC/C=C\C/C=C\CCCCCCCCCC(=O)NC(COC1OC(CO)C(OC2OC(CO)C(O)C(OC3(C(=O)O)CC(O)C(NC(C)=O)C(C(O)C(O)CO)O3)C2O)C(O)C1O)C(O)CCCCCCCCCCCCCCCCCCCCCCCCCCC. The fourth-order valence-electron chi connectivity index (χ4n) is 13.2. The fraction of sp³-hybridized carbons (Fsp3) is 0.904. The molecule has 23 heteroatoms. The molecule has 0 aromatic heterocycles. The number of carbonyl (C=O) groups is 3. The number of aliphatic carboxylic acids is 1. The second-order valence-electron chi connectivity index (χ2n) is 27.5. The molecule has 2 amide bonds. The van der Waals surface area contributed by atoms with Gasteiger partial charge in [-0.05, 0) is 44.9 Å². The van der Waals surface area contributed by atoms with Gasteiger partial charge in [0.25, 0.3) is 5.79 Å². The van der Waals surface area contributed by atoms with Gasteiger partial charge in [0.15, 0.2) is 12.6 Å². The summed E-state index contributed by atoms with van der Waals surface area (Å²) in [4.78, 5) is 38.6. The molecule has 3 fully saturated rings. The number of ether oxygens (including phenoxy) is 6. The highest BCUT2D eigenvalue weighted by molar-refractivity contribution is 5.77. The van der Waals surface area contributed by atoms with Crippen molar-refractivity contribution >= 4 is 17.8 Å². The Bertz CT molecular complexity index is 2030. The summed E-state index contributed by atoms with van der Waals surface area (Å²) in [5.41, 5.74) is 0. The molecule has 23 nitrogen and oxygen atoms in total. The van der Waals surface area contributed by atoms with Crippen molar-refractivity contribution in [3.63, 3.8) is 0 Å². The zero-order valence-corrected chi connectivity index (χ0v) is 59.0. The molecule has 0 radical (unpaired) electrons. The molecule has 0 saturated carbocycles. The average Bonchev–Trinajstić information content (AvgIpc) is 0.758. The number of rotatable bonds is 58. The first kappa shape index (κ1) is 87.4. The average molecular weight is 1380 g/mol. The molecule has 96 heavy (non-hydrogen) atoms. The van der Waals surface area contributed by atoms with Crippen LogP contribution >= 0.6 is 0 Å². The number of amides is 2. The fourth-order valence-corrected chi connectivity index (χ4v) is 13.2. The van der Waals surface area contributed by atoms with E-state index >= 15 is 0 Å². The minimum atomic E-state index is -3.08. The Morgan fingerprint density at radius 1 is 0.542 bits per heavy atom. The van der Waals surface area contributed by atoms with Gasteiger partial charge in [-0.2, -0.15) is 0 Å². The van der Waals surface area contributed by atoms with Gasteiger partial charge in [0, 0.05) is 19.8 Å². The summed E-state index contributed by atoms with van der Waals surface area (Å²) in [6.45, 7) is 2.20. The van der Waals surface area contributed by atoms with Gasteiger partial charge in [0.05, 0.1) is 50.7 Å². The maximum atomic E-state index is 13.5. The third-order valence-electron chi connectivity index (χ3n) is 19.2. The molecule has 3 aliphatic rings. The summed E-state index contributed by atoms with van der Waals surface area (Å²) < 4.78 is 34.9. The first-order valence-electron chi connectivity index (χ1n) is 37.7. The van der Waals surface area contributed by atoms with E-state index in [4.69, 9.17) is 28.4 Å².